The standard InChI is InChI=1S/C30H32INO4/c1-23-27(31)17-18-29(36-23)28(22-34-20-25-13-7-3-8-14-25)32(19-24-11-5-2-6-12-24)30(33)35-21-26-15-9-4-10-16-26/h2-16,28-29H,17-22H2,1H3/t28-,29-/m0/s1. The highest BCUT2D eigenvalue weighted by molar-refractivity contribution is 14.1. The van der Waals surface area contributed by atoms with Crippen LogP contribution in [0.2, 0.25) is 0 Å². The Morgan fingerprint density at radius 3 is 2.06 bits per heavy atom. The van der Waals surface area contributed by atoms with Crippen molar-refractivity contribution in [1.29, 1.82) is 0 Å². The van der Waals surface area contributed by atoms with Crippen molar-refractivity contribution in [2.45, 2.75) is 51.7 Å². The first-order chi connectivity index (χ1) is 17.6. The van der Waals surface area contributed by atoms with Crippen LogP contribution in [-0.2, 0) is 34.0 Å². The number of nitrogens with zero attached hydrogens (tertiary/aromatic N) is 1. The second-order valence-electron chi connectivity index (χ2n) is 8.88. The molecule has 1 amide bonds. The molecule has 188 valence electrons. The van der Waals surface area contributed by atoms with Crippen LogP contribution in [-0.4, -0.2) is 29.7 Å². The predicted molar refractivity (Wildman–Crippen MR) is 149 cm³/mol. The Morgan fingerprint density at radius 1 is 0.917 bits per heavy atom. The van der Waals surface area contributed by atoms with Crippen LogP contribution in [0.1, 0.15) is 36.5 Å². The second-order valence-corrected chi connectivity index (χ2v) is 10.2. The topological polar surface area (TPSA) is 48.0 Å². The lowest BCUT2D eigenvalue weighted by atomic mass is 10.0. The maximum Gasteiger partial charge on any atom is 0.410 e. The van der Waals surface area contributed by atoms with Crippen LogP contribution in [0, 0.1) is 0 Å². The molecule has 5 nitrogen and oxygen atoms in total. The van der Waals surface area contributed by atoms with E-state index >= 15 is 0 Å². The molecule has 1 aliphatic heterocycles. The highest BCUT2D eigenvalue weighted by Gasteiger charge is 2.35. The van der Waals surface area contributed by atoms with Gasteiger partial charge in [0, 0.05) is 10.1 Å². The highest BCUT2D eigenvalue weighted by atomic mass is 127. The van der Waals surface area contributed by atoms with E-state index in [4.69, 9.17) is 14.2 Å². The van der Waals surface area contributed by atoms with Gasteiger partial charge in [0.2, 0.25) is 0 Å². The summed E-state index contributed by atoms with van der Waals surface area (Å²) in [6, 6.07) is 29.5. The molecular formula is C30H32INO4. The number of rotatable bonds is 10. The van der Waals surface area contributed by atoms with E-state index in [1.54, 1.807) is 4.90 Å². The summed E-state index contributed by atoms with van der Waals surface area (Å²) in [6.45, 7) is 3.43. The molecule has 0 spiro atoms. The molecule has 4 rings (SSSR count). The SMILES string of the molecule is CC1=C(I)CC[C@@H]([C@H](COCc2ccccc2)N(Cc2ccccc2)C(=O)OCc2ccccc2)O1. The molecule has 0 saturated heterocycles. The zero-order valence-electron chi connectivity index (χ0n) is 20.5. The largest absolute Gasteiger partial charge is 0.492 e. The minimum absolute atomic E-state index is 0.188. The van der Waals surface area contributed by atoms with Gasteiger partial charge in [0.15, 0.2) is 0 Å². The molecule has 2 atom stereocenters. The van der Waals surface area contributed by atoms with E-state index in [1.807, 2.05) is 97.9 Å². The third-order valence-electron chi connectivity index (χ3n) is 6.22. The van der Waals surface area contributed by atoms with Gasteiger partial charge in [-0.1, -0.05) is 91.0 Å². The van der Waals surface area contributed by atoms with Crippen LogP contribution < -0.4 is 0 Å². The third-order valence-corrected chi connectivity index (χ3v) is 7.52. The summed E-state index contributed by atoms with van der Waals surface area (Å²) in [5.74, 6) is 0.914. The third kappa shape index (κ3) is 7.58. The molecule has 0 fully saturated rings. The lowest BCUT2D eigenvalue weighted by Crippen LogP contribution is -2.50. The molecule has 3 aromatic rings. The van der Waals surface area contributed by atoms with Gasteiger partial charge in [0.25, 0.3) is 0 Å². The molecule has 0 N–H and O–H groups in total. The molecule has 1 aliphatic rings. The van der Waals surface area contributed by atoms with Crippen molar-refractivity contribution in [3.8, 4) is 0 Å². The summed E-state index contributed by atoms with van der Waals surface area (Å²) in [7, 11) is 0. The van der Waals surface area contributed by atoms with Gasteiger partial charge in [-0.05, 0) is 59.0 Å². The van der Waals surface area contributed by atoms with Crippen molar-refractivity contribution in [2.24, 2.45) is 0 Å². The Morgan fingerprint density at radius 2 is 1.47 bits per heavy atom. The smallest absolute Gasteiger partial charge is 0.410 e. The average molecular weight is 597 g/mol. The van der Waals surface area contributed by atoms with Crippen molar-refractivity contribution in [2.75, 3.05) is 6.61 Å². The predicted octanol–water partition coefficient (Wildman–Crippen LogP) is 7.26. The van der Waals surface area contributed by atoms with Crippen molar-refractivity contribution in [3.05, 3.63) is 117 Å². The first-order valence-corrected chi connectivity index (χ1v) is 13.3. The lowest BCUT2D eigenvalue weighted by Gasteiger charge is -2.38. The van der Waals surface area contributed by atoms with Gasteiger partial charge in [0.05, 0.1) is 19.3 Å². The fourth-order valence-electron chi connectivity index (χ4n) is 4.24. The second kappa shape index (κ2) is 13.5. The Bertz CT molecular complexity index is 1120. The molecule has 1 heterocycles. The number of carbonyl (C=O) groups excluding carboxylic acids is 1. The van der Waals surface area contributed by atoms with E-state index in [0.29, 0.717) is 19.8 Å². The maximum absolute atomic E-state index is 13.6. The zero-order valence-corrected chi connectivity index (χ0v) is 22.7. The van der Waals surface area contributed by atoms with Crippen molar-refractivity contribution in [1.82, 2.24) is 4.90 Å². The van der Waals surface area contributed by atoms with Gasteiger partial charge in [0.1, 0.15) is 18.5 Å². The molecule has 36 heavy (non-hydrogen) atoms. The summed E-state index contributed by atoms with van der Waals surface area (Å²) in [5, 5.41) is 0. The van der Waals surface area contributed by atoms with Gasteiger partial charge < -0.3 is 14.2 Å². The van der Waals surface area contributed by atoms with E-state index < -0.39 is 0 Å². The molecule has 6 heteroatoms. The number of halogens is 1. The van der Waals surface area contributed by atoms with Crippen LogP contribution in [0.25, 0.3) is 0 Å². The number of carbonyl (C=O) groups is 1. The molecule has 3 aromatic carbocycles. The molecule has 0 radical (unpaired) electrons. The molecule has 0 bridgehead atoms. The van der Waals surface area contributed by atoms with Gasteiger partial charge in [-0.3, -0.25) is 4.90 Å². The first-order valence-electron chi connectivity index (χ1n) is 12.2. The highest BCUT2D eigenvalue weighted by Crippen LogP contribution is 2.31. The fraction of sp³-hybridized carbons (Fsp3) is 0.300. The van der Waals surface area contributed by atoms with Crippen LogP contribution in [0.4, 0.5) is 4.79 Å². The number of hydrogen-bond donors (Lipinski definition) is 0. The number of benzene rings is 3. The van der Waals surface area contributed by atoms with Gasteiger partial charge in [-0.25, -0.2) is 4.79 Å². The average Bonchev–Trinajstić information content (AvgIpc) is 2.92. The minimum atomic E-state index is -0.374. The normalized spacial score (nSPS) is 16.2. The van der Waals surface area contributed by atoms with Crippen LogP contribution in [0.5, 0.6) is 0 Å². The van der Waals surface area contributed by atoms with Gasteiger partial charge in [-0.2, -0.15) is 0 Å². The quantitative estimate of drug-likeness (QED) is 0.231. The monoisotopic (exact) mass is 597 g/mol. The zero-order chi connectivity index (χ0) is 25.2. The summed E-state index contributed by atoms with van der Waals surface area (Å²) < 4.78 is 19.5. The van der Waals surface area contributed by atoms with E-state index in [9.17, 15) is 4.79 Å². The molecule has 0 aliphatic carbocycles. The number of amides is 1. The molecule has 0 aromatic heterocycles. The maximum atomic E-state index is 13.6. The van der Waals surface area contributed by atoms with Crippen molar-refractivity contribution in [3.63, 3.8) is 0 Å². The van der Waals surface area contributed by atoms with Gasteiger partial charge >= 0.3 is 6.09 Å². The van der Waals surface area contributed by atoms with Crippen LogP contribution >= 0.6 is 22.6 Å². The van der Waals surface area contributed by atoms with Crippen LogP contribution in [0.3, 0.4) is 0 Å². The van der Waals surface area contributed by atoms with Crippen LogP contribution in [0.15, 0.2) is 100 Å². The minimum Gasteiger partial charge on any atom is -0.492 e. The fourth-order valence-corrected chi connectivity index (χ4v) is 4.67. The number of allylic oxidation sites excluding steroid dienone is 2. The molecular weight excluding hydrogens is 565 g/mol. The Labute approximate surface area is 227 Å². The summed E-state index contributed by atoms with van der Waals surface area (Å²) in [6.07, 6.45) is 1.17. The molecule has 0 unspecified atom stereocenters. The Hall–Kier alpha value is -2.84. The Balaban J connectivity index is 1.56. The van der Waals surface area contributed by atoms with E-state index in [-0.39, 0.29) is 24.8 Å². The lowest BCUT2D eigenvalue weighted by molar-refractivity contribution is -0.0383. The van der Waals surface area contributed by atoms with Gasteiger partial charge in [-0.15, -0.1) is 0 Å². The summed E-state index contributed by atoms with van der Waals surface area (Å²) in [5.41, 5.74) is 3.07. The number of hydrogen-bond acceptors (Lipinski definition) is 4. The summed E-state index contributed by atoms with van der Waals surface area (Å²) >= 11 is 2.34. The van der Waals surface area contributed by atoms with Crippen molar-refractivity contribution < 1.29 is 19.0 Å². The van der Waals surface area contributed by atoms with Crippen molar-refractivity contribution >= 4 is 28.7 Å². The molecule has 0 saturated carbocycles. The first kappa shape index (κ1) is 26.2. The summed E-state index contributed by atoms with van der Waals surface area (Å²) in [4.78, 5) is 15.3. The Kier molecular flexibility index (Phi) is 9.81. The van der Waals surface area contributed by atoms with E-state index in [2.05, 4.69) is 22.6 Å². The van der Waals surface area contributed by atoms with E-state index in [0.717, 1.165) is 35.3 Å². The number of ether oxygens (including phenoxy) is 3. The van der Waals surface area contributed by atoms with E-state index in [1.165, 1.54) is 3.58 Å².